The molecule has 0 fully saturated rings. The molecule has 4 rings (SSSR count). The Hall–Kier alpha value is -2.93. The summed E-state index contributed by atoms with van der Waals surface area (Å²) in [4.78, 5) is 4.96. The summed E-state index contributed by atoms with van der Waals surface area (Å²) in [7, 11) is 0. The third-order valence-electron chi connectivity index (χ3n) is 5.35. The van der Waals surface area contributed by atoms with Crippen molar-refractivity contribution < 1.29 is 0 Å². The summed E-state index contributed by atoms with van der Waals surface area (Å²) in [5.41, 5.74) is 6.14. The van der Waals surface area contributed by atoms with Crippen LogP contribution in [0, 0.1) is 0 Å². The normalized spacial score (nSPS) is 11.6. The van der Waals surface area contributed by atoms with Gasteiger partial charge in [0.15, 0.2) is 0 Å². The quantitative estimate of drug-likeness (QED) is 0.337. The molecule has 0 saturated heterocycles. The second-order valence-corrected chi connectivity index (χ2v) is 7.21. The predicted octanol–water partition coefficient (Wildman–Crippen LogP) is 8.50. The van der Waals surface area contributed by atoms with E-state index < -0.39 is 0 Å². The number of pyridine rings is 1. The number of hydrogen-bond acceptors (Lipinski definition) is 1. The molecule has 29 heavy (non-hydrogen) atoms. The fourth-order valence-corrected chi connectivity index (χ4v) is 3.99. The van der Waals surface area contributed by atoms with Crippen molar-refractivity contribution in [2.24, 2.45) is 0 Å². The molecule has 0 radical (unpaired) electrons. The van der Waals surface area contributed by atoms with Crippen LogP contribution in [0.5, 0.6) is 0 Å². The minimum atomic E-state index is 0.528. The molecule has 148 valence electrons. The predicted molar refractivity (Wildman–Crippen MR) is 127 cm³/mol. The van der Waals surface area contributed by atoms with Crippen molar-refractivity contribution in [2.75, 3.05) is 0 Å². The first-order chi connectivity index (χ1) is 14.3. The van der Waals surface area contributed by atoms with E-state index >= 15 is 0 Å². The van der Waals surface area contributed by atoms with E-state index in [9.17, 15) is 0 Å². The lowest BCUT2D eigenvalue weighted by molar-refractivity contribution is 0.666. The largest absolute Gasteiger partial charge is 0.255 e. The molecule has 1 unspecified atom stereocenters. The maximum absolute atomic E-state index is 4.96. The van der Waals surface area contributed by atoms with Gasteiger partial charge in [-0.2, -0.15) is 0 Å². The van der Waals surface area contributed by atoms with Gasteiger partial charge in [0, 0.05) is 22.7 Å². The Balaban J connectivity index is 0.00000117. The van der Waals surface area contributed by atoms with E-state index in [1.54, 1.807) is 0 Å². The minimum Gasteiger partial charge on any atom is -0.255 e. The lowest BCUT2D eigenvalue weighted by Crippen LogP contribution is -1.98. The molecule has 0 N–H and O–H groups in total. The van der Waals surface area contributed by atoms with Gasteiger partial charge in [0.25, 0.3) is 0 Å². The van der Waals surface area contributed by atoms with Crippen LogP contribution in [0.15, 0.2) is 85.1 Å². The standard InChI is InChI=1S/C26H25N.C2H6/c1-3-11-19(2)21-14-7-9-16-23(21)26-24-17-10-8-15-22(24)25(18-27-26)20-12-5-4-6-13-20;1-2/h4-10,12-19H,3,11H2,1-2H3;1-2H3. The van der Waals surface area contributed by atoms with Crippen LogP contribution in [-0.4, -0.2) is 4.98 Å². The van der Waals surface area contributed by atoms with E-state index in [0.29, 0.717) is 5.92 Å². The first kappa shape index (κ1) is 20.8. The second kappa shape index (κ2) is 10.0. The van der Waals surface area contributed by atoms with Crippen LogP contribution in [0.1, 0.15) is 52.0 Å². The van der Waals surface area contributed by atoms with E-state index in [1.807, 2.05) is 20.0 Å². The fraction of sp³-hybridized carbons (Fsp3) is 0.250. The average Bonchev–Trinajstić information content (AvgIpc) is 2.80. The summed E-state index contributed by atoms with van der Waals surface area (Å²) in [6.45, 7) is 8.57. The topological polar surface area (TPSA) is 12.9 Å². The summed E-state index contributed by atoms with van der Waals surface area (Å²) >= 11 is 0. The fourth-order valence-electron chi connectivity index (χ4n) is 3.99. The van der Waals surface area contributed by atoms with Crippen LogP contribution in [0.25, 0.3) is 33.2 Å². The van der Waals surface area contributed by atoms with Crippen LogP contribution in [0.2, 0.25) is 0 Å². The van der Waals surface area contributed by atoms with Crippen molar-refractivity contribution in [2.45, 2.75) is 46.5 Å². The zero-order chi connectivity index (χ0) is 20.6. The number of nitrogens with zero attached hydrogens (tertiary/aromatic N) is 1. The molecule has 1 nitrogen and oxygen atoms in total. The van der Waals surface area contributed by atoms with Crippen molar-refractivity contribution in [3.05, 3.63) is 90.6 Å². The second-order valence-electron chi connectivity index (χ2n) is 7.21. The monoisotopic (exact) mass is 381 g/mol. The third-order valence-corrected chi connectivity index (χ3v) is 5.35. The Bertz CT molecular complexity index is 1050. The maximum atomic E-state index is 4.96. The Labute approximate surface area is 175 Å². The van der Waals surface area contributed by atoms with Crippen LogP contribution < -0.4 is 0 Å². The molecule has 0 saturated carbocycles. The Morgan fingerprint density at radius 2 is 1.34 bits per heavy atom. The number of fused-ring (bicyclic) bond motifs is 1. The molecule has 1 aromatic heterocycles. The smallest absolute Gasteiger partial charge is 0.0783 e. The van der Waals surface area contributed by atoms with Gasteiger partial charge in [0.05, 0.1) is 5.69 Å². The highest BCUT2D eigenvalue weighted by Crippen LogP contribution is 2.37. The Morgan fingerprint density at radius 1 is 0.724 bits per heavy atom. The number of aromatic nitrogens is 1. The van der Waals surface area contributed by atoms with Gasteiger partial charge in [-0.15, -0.1) is 0 Å². The van der Waals surface area contributed by atoms with E-state index in [-0.39, 0.29) is 0 Å². The zero-order valence-corrected chi connectivity index (χ0v) is 18.0. The van der Waals surface area contributed by atoms with Crippen molar-refractivity contribution in [3.8, 4) is 22.4 Å². The minimum absolute atomic E-state index is 0.528. The highest BCUT2D eigenvalue weighted by molar-refractivity contribution is 6.03. The molecule has 0 aliphatic carbocycles. The molecule has 0 spiro atoms. The van der Waals surface area contributed by atoms with Gasteiger partial charge >= 0.3 is 0 Å². The summed E-state index contributed by atoms with van der Waals surface area (Å²) in [5.74, 6) is 0.528. The molecule has 3 aromatic carbocycles. The summed E-state index contributed by atoms with van der Waals surface area (Å²) in [6.07, 6.45) is 4.42. The van der Waals surface area contributed by atoms with Crippen LogP contribution in [-0.2, 0) is 0 Å². The van der Waals surface area contributed by atoms with Crippen molar-refractivity contribution in [1.29, 1.82) is 0 Å². The number of hydrogen-bond donors (Lipinski definition) is 0. The van der Waals surface area contributed by atoms with Gasteiger partial charge in [0.2, 0.25) is 0 Å². The summed E-state index contributed by atoms with van der Waals surface area (Å²) in [5, 5.41) is 2.47. The van der Waals surface area contributed by atoms with E-state index in [4.69, 9.17) is 4.98 Å². The van der Waals surface area contributed by atoms with Gasteiger partial charge in [0.1, 0.15) is 0 Å². The highest BCUT2D eigenvalue weighted by atomic mass is 14.7. The molecule has 4 aromatic rings. The van der Waals surface area contributed by atoms with E-state index in [0.717, 1.165) is 5.69 Å². The summed E-state index contributed by atoms with van der Waals surface area (Å²) in [6, 6.07) is 27.9. The van der Waals surface area contributed by atoms with Gasteiger partial charge in [-0.05, 0) is 28.9 Å². The molecular weight excluding hydrogens is 350 g/mol. The highest BCUT2D eigenvalue weighted by Gasteiger charge is 2.15. The van der Waals surface area contributed by atoms with Crippen LogP contribution >= 0.6 is 0 Å². The Kier molecular flexibility index (Phi) is 7.19. The van der Waals surface area contributed by atoms with E-state index in [1.165, 1.54) is 45.9 Å². The molecule has 0 aliphatic heterocycles. The first-order valence-corrected chi connectivity index (χ1v) is 10.8. The van der Waals surface area contributed by atoms with Gasteiger partial charge in [-0.1, -0.05) is 113 Å². The molecule has 1 heterocycles. The number of rotatable bonds is 5. The molecule has 0 amide bonds. The van der Waals surface area contributed by atoms with Crippen LogP contribution in [0.3, 0.4) is 0 Å². The SMILES string of the molecule is CC.CCCC(C)c1ccccc1-c1ncc(-c2ccccc2)c2ccccc12. The first-order valence-electron chi connectivity index (χ1n) is 10.8. The van der Waals surface area contributed by atoms with Crippen molar-refractivity contribution in [1.82, 2.24) is 4.98 Å². The molecule has 1 heteroatoms. The number of benzene rings is 3. The summed E-state index contributed by atoms with van der Waals surface area (Å²) < 4.78 is 0. The molecule has 0 bridgehead atoms. The van der Waals surface area contributed by atoms with Gasteiger partial charge in [-0.25, -0.2) is 0 Å². The lowest BCUT2D eigenvalue weighted by Gasteiger charge is -2.17. The third kappa shape index (κ3) is 4.40. The lowest BCUT2D eigenvalue weighted by atomic mass is 9.89. The van der Waals surface area contributed by atoms with Crippen molar-refractivity contribution in [3.63, 3.8) is 0 Å². The van der Waals surface area contributed by atoms with Crippen LogP contribution in [0.4, 0.5) is 0 Å². The average molecular weight is 382 g/mol. The molecule has 1 atom stereocenters. The van der Waals surface area contributed by atoms with E-state index in [2.05, 4.69) is 92.7 Å². The van der Waals surface area contributed by atoms with Gasteiger partial charge < -0.3 is 0 Å². The van der Waals surface area contributed by atoms with Gasteiger partial charge in [-0.3, -0.25) is 4.98 Å². The van der Waals surface area contributed by atoms with Crippen molar-refractivity contribution >= 4 is 10.8 Å². The molecular formula is C28H31N. The maximum Gasteiger partial charge on any atom is 0.0783 e. The zero-order valence-electron chi connectivity index (χ0n) is 18.0. The Morgan fingerprint density at radius 3 is 2.07 bits per heavy atom. The molecule has 0 aliphatic rings.